The van der Waals surface area contributed by atoms with Gasteiger partial charge in [0.25, 0.3) is 0 Å². The molecular weight excluding hydrogens is 312 g/mol. The van der Waals surface area contributed by atoms with Gasteiger partial charge in [-0.15, -0.1) is 0 Å². The first kappa shape index (κ1) is 18.2. The number of likely N-dealkylation sites (tertiary alicyclic amines) is 1. The fourth-order valence-corrected chi connectivity index (χ4v) is 4.72. The number of carbonyl (C=O) groups is 1. The first-order valence-corrected chi connectivity index (χ1v) is 10.1. The molecule has 0 aromatic heterocycles. The second kappa shape index (κ2) is 9.25. The van der Waals surface area contributed by atoms with Gasteiger partial charge in [-0.2, -0.15) is 0 Å². The van der Waals surface area contributed by atoms with Gasteiger partial charge in [-0.25, -0.2) is 0 Å². The van der Waals surface area contributed by atoms with Crippen molar-refractivity contribution in [1.82, 2.24) is 15.5 Å². The maximum atomic E-state index is 12.1. The van der Waals surface area contributed by atoms with Crippen molar-refractivity contribution in [2.24, 2.45) is 4.99 Å². The number of nitrogens with zero attached hydrogens (tertiary/aromatic N) is 2. The molecule has 1 saturated carbocycles. The zero-order chi connectivity index (χ0) is 16.7. The third-order valence-corrected chi connectivity index (χ3v) is 6.45. The molecular formula is C16H30N4O2S. The van der Waals surface area contributed by atoms with Gasteiger partial charge in [0.1, 0.15) is 0 Å². The summed E-state index contributed by atoms with van der Waals surface area (Å²) in [7, 11) is 0.998. The summed E-state index contributed by atoms with van der Waals surface area (Å²) >= 11 is 0. The highest BCUT2D eigenvalue weighted by molar-refractivity contribution is 7.85. The number of nitrogens with one attached hydrogen (secondary N) is 2. The van der Waals surface area contributed by atoms with Gasteiger partial charge in [-0.3, -0.25) is 14.0 Å². The van der Waals surface area contributed by atoms with Crippen molar-refractivity contribution in [3.63, 3.8) is 0 Å². The summed E-state index contributed by atoms with van der Waals surface area (Å²) in [5.74, 6) is 1.54. The second-order valence-electron chi connectivity index (χ2n) is 6.31. The number of rotatable bonds is 5. The summed E-state index contributed by atoms with van der Waals surface area (Å²) < 4.78 is 12.0. The zero-order valence-electron chi connectivity index (χ0n) is 14.3. The summed E-state index contributed by atoms with van der Waals surface area (Å²) in [6.07, 6.45) is 6.35. The summed E-state index contributed by atoms with van der Waals surface area (Å²) in [5.41, 5.74) is 0. The van der Waals surface area contributed by atoms with Crippen LogP contribution >= 0.6 is 0 Å². The van der Waals surface area contributed by atoms with Crippen LogP contribution < -0.4 is 10.6 Å². The number of aliphatic imine (C=N–C) groups is 1. The highest BCUT2D eigenvalue weighted by atomic mass is 32.2. The molecule has 132 valence electrons. The lowest BCUT2D eigenvalue weighted by atomic mass is 9.95. The lowest BCUT2D eigenvalue weighted by Gasteiger charge is -2.30. The van der Waals surface area contributed by atoms with Gasteiger partial charge >= 0.3 is 0 Å². The molecule has 0 radical (unpaired) electrons. The minimum Gasteiger partial charge on any atom is -0.354 e. The van der Waals surface area contributed by atoms with Crippen LogP contribution in [0, 0.1) is 0 Å². The number of hydrogen-bond acceptors (Lipinski definition) is 3. The van der Waals surface area contributed by atoms with Crippen LogP contribution in [0.4, 0.5) is 0 Å². The molecule has 0 spiro atoms. The SMILES string of the molecule is CCS(=O)C1CCCC(NC(=NC)NCC(=O)N2CCCC2)C1. The van der Waals surface area contributed by atoms with E-state index in [1.54, 1.807) is 7.05 Å². The van der Waals surface area contributed by atoms with Gasteiger partial charge in [0.2, 0.25) is 5.91 Å². The summed E-state index contributed by atoms with van der Waals surface area (Å²) in [6.45, 7) is 4.02. The molecule has 3 unspecified atom stereocenters. The topological polar surface area (TPSA) is 73.8 Å². The molecule has 7 heteroatoms. The lowest BCUT2D eigenvalue weighted by Crippen LogP contribution is -2.49. The van der Waals surface area contributed by atoms with Crippen molar-refractivity contribution in [2.45, 2.75) is 56.7 Å². The smallest absolute Gasteiger partial charge is 0.241 e. The molecule has 6 nitrogen and oxygen atoms in total. The molecule has 1 aliphatic heterocycles. The number of hydrogen-bond donors (Lipinski definition) is 2. The Morgan fingerprint density at radius 3 is 2.65 bits per heavy atom. The minimum atomic E-state index is -0.725. The molecule has 3 atom stereocenters. The summed E-state index contributed by atoms with van der Waals surface area (Å²) in [5, 5.41) is 6.81. The van der Waals surface area contributed by atoms with Crippen molar-refractivity contribution < 1.29 is 9.00 Å². The molecule has 0 aromatic rings. The van der Waals surface area contributed by atoms with E-state index in [1.165, 1.54) is 0 Å². The molecule has 1 saturated heterocycles. The van der Waals surface area contributed by atoms with Crippen LogP contribution in [0.15, 0.2) is 4.99 Å². The van der Waals surface area contributed by atoms with Crippen molar-refractivity contribution in [3.05, 3.63) is 0 Å². The molecule has 1 heterocycles. The average molecular weight is 343 g/mol. The standard InChI is InChI=1S/C16H30N4O2S/c1-3-23(22)14-8-6-7-13(11-14)19-16(17-2)18-12-15(21)20-9-4-5-10-20/h13-14H,3-12H2,1-2H3,(H2,17,18,19). The molecule has 0 aromatic carbocycles. The number of amides is 1. The largest absolute Gasteiger partial charge is 0.354 e. The van der Waals surface area contributed by atoms with E-state index in [0.29, 0.717) is 5.96 Å². The van der Waals surface area contributed by atoms with E-state index in [2.05, 4.69) is 15.6 Å². The highest BCUT2D eigenvalue weighted by Gasteiger charge is 2.26. The Morgan fingerprint density at radius 1 is 1.26 bits per heavy atom. The van der Waals surface area contributed by atoms with E-state index < -0.39 is 10.8 Å². The predicted octanol–water partition coefficient (Wildman–Crippen LogP) is 0.854. The molecule has 2 fully saturated rings. The fourth-order valence-electron chi connectivity index (χ4n) is 3.38. The van der Waals surface area contributed by atoms with Crippen molar-refractivity contribution in [1.29, 1.82) is 0 Å². The summed E-state index contributed by atoms with van der Waals surface area (Å²) in [6, 6.07) is 0.289. The average Bonchev–Trinajstić information content (AvgIpc) is 3.12. The van der Waals surface area contributed by atoms with Crippen LogP contribution in [0.5, 0.6) is 0 Å². The number of carbonyl (C=O) groups excluding carboxylic acids is 1. The second-order valence-corrected chi connectivity index (χ2v) is 8.32. The molecule has 1 amide bonds. The monoisotopic (exact) mass is 342 g/mol. The molecule has 1 aliphatic carbocycles. The van der Waals surface area contributed by atoms with Gasteiger partial charge in [-0.05, 0) is 32.1 Å². The maximum Gasteiger partial charge on any atom is 0.241 e. The normalized spacial score (nSPS) is 26.9. The quantitative estimate of drug-likeness (QED) is 0.574. The van der Waals surface area contributed by atoms with E-state index >= 15 is 0 Å². The van der Waals surface area contributed by atoms with E-state index in [1.807, 2.05) is 11.8 Å². The van der Waals surface area contributed by atoms with Gasteiger partial charge in [-0.1, -0.05) is 13.3 Å². The van der Waals surface area contributed by atoms with Crippen molar-refractivity contribution in [3.8, 4) is 0 Å². The van der Waals surface area contributed by atoms with E-state index in [0.717, 1.165) is 57.4 Å². The van der Waals surface area contributed by atoms with Crippen LogP contribution in [-0.2, 0) is 15.6 Å². The molecule has 2 aliphatic rings. The first-order chi connectivity index (χ1) is 11.1. The molecule has 23 heavy (non-hydrogen) atoms. The molecule has 2 N–H and O–H groups in total. The third-order valence-electron chi connectivity index (χ3n) is 4.71. The van der Waals surface area contributed by atoms with Crippen LogP contribution in [0.3, 0.4) is 0 Å². The van der Waals surface area contributed by atoms with Gasteiger partial charge in [0.05, 0.1) is 6.54 Å². The zero-order valence-corrected chi connectivity index (χ0v) is 15.2. The Labute approximate surface area is 141 Å². The predicted molar refractivity (Wildman–Crippen MR) is 95.0 cm³/mol. The van der Waals surface area contributed by atoms with Crippen LogP contribution in [0.2, 0.25) is 0 Å². The Morgan fingerprint density at radius 2 is 2.00 bits per heavy atom. The van der Waals surface area contributed by atoms with E-state index in [9.17, 15) is 9.00 Å². The van der Waals surface area contributed by atoms with E-state index in [4.69, 9.17) is 0 Å². The highest BCUT2D eigenvalue weighted by Crippen LogP contribution is 2.22. The van der Waals surface area contributed by atoms with Crippen molar-refractivity contribution in [2.75, 3.05) is 32.4 Å². The van der Waals surface area contributed by atoms with Crippen LogP contribution in [0.25, 0.3) is 0 Å². The Kier molecular flexibility index (Phi) is 7.33. The van der Waals surface area contributed by atoms with Gasteiger partial charge in [0.15, 0.2) is 5.96 Å². The van der Waals surface area contributed by atoms with Crippen molar-refractivity contribution >= 4 is 22.7 Å². The molecule has 0 bridgehead atoms. The Bertz CT molecular complexity index is 449. The van der Waals surface area contributed by atoms with Crippen LogP contribution in [-0.4, -0.2) is 64.7 Å². The third kappa shape index (κ3) is 5.48. The maximum absolute atomic E-state index is 12.1. The fraction of sp³-hybridized carbons (Fsp3) is 0.875. The lowest BCUT2D eigenvalue weighted by molar-refractivity contribution is -0.128. The number of guanidine groups is 1. The van der Waals surface area contributed by atoms with E-state index in [-0.39, 0.29) is 23.7 Å². The first-order valence-electron chi connectivity index (χ1n) is 8.76. The van der Waals surface area contributed by atoms with Gasteiger partial charge < -0.3 is 15.5 Å². The van der Waals surface area contributed by atoms with Crippen LogP contribution in [0.1, 0.15) is 45.4 Å². The van der Waals surface area contributed by atoms with Gasteiger partial charge in [0, 0.05) is 48.0 Å². The Balaban J connectivity index is 1.77. The molecule has 2 rings (SSSR count). The Hall–Kier alpha value is -1.11. The summed E-state index contributed by atoms with van der Waals surface area (Å²) in [4.78, 5) is 18.2. The minimum absolute atomic E-state index is 0.138.